The summed E-state index contributed by atoms with van der Waals surface area (Å²) in [5.74, 6) is -1.12. The fraction of sp³-hybridized carbons (Fsp3) is 0.567. The van der Waals surface area contributed by atoms with Crippen molar-refractivity contribution in [3.63, 3.8) is 0 Å². The third-order valence-corrected chi connectivity index (χ3v) is 9.62. The van der Waals surface area contributed by atoms with Crippen LogP contribution in [0.4, 0.5) is 0 Å². The van der Waals surface area contributed by atoms with E-state index in [0.717, 1.165) is 37.7 Å². The molecule has 0 bridgehead atoms. The number of ether oxygens (including phenoxy) is 2. The highest BCUT2D eigenvalue weighted by Crippen LogP contribution is 2.43. The van der Waals surface area contributed by atoms with Gasteiger partial charge in [0.15, 0.2) is 0 Å². The molecule has 2 N–H and O–H groups in total. The van der Waals surface area contributed by atoms with E-state index in [1.165, 1.54) is 28.6 Å². The maximum atomic E-state index is 13.5. The topological polar surface area (TPSA) is 113 Å². The van der Waals surface area contributed by atoms with Gasteiger partial charge in [0, 0.05) is 25.6 Å². The van der Waals surface area contributed by atoms with Crippen molar-refractivity contribution >= 4 is 16.0 Å². The molecule has 9 heteroatoms. The third-order valence-electron chi connectivity index (χ3n) is 7.79. The monoisotopic (exact) mass is 559 g/mol. The van der Waals surface area contributed by atoms with Crippen LogP contribution in [-0.4, -0.2) is 66.4 Å². The molecule has 1 heterocycles. The summed E-state index contributed by atoms with van der Waals surface area (Å²) in [4.78, 5) is 13.2. The summed E-state index contributed by atoms with van der Waals surface area (Å²) in [5.41, 5.74) is 0.559. The Morgan fingerprint density at radius 2 is 1.85 bits per heavy atom. The number of phenolic OH excluding ortho intramolecular Hbond substituents is 1. The van der Waals surface area contributed by atoms with Gasteiger partial charge in [0.1, 0.15) is 17.5 Å². The van der Waals surface area contributed by atoms with Gasteiger partial charge in [-0.15, -0.1) is 0 Å². The van der Waals surface area contributed by atoms with Crippen molar-refractivity contribution in [2.75, 3.05) is 19.7 Å². The molecule has 1 aliphatic carbocycles. The summed E-state index contributed by atoms with van der Waals surface area (Å²) in [6.45, 7) is 4.48. The van der Waals surface area contributed by atoms with Crippen molar-refractivity contribution in [1.82, 2.24) is 4.31 Å². The number of carbonyl (C=O) groups is 1. The third kappa shape index (κ3) is 7.39. The molecule has 8 nitrogen and oxygen atoms in total. The summed E-state index contributed by atoms with van der Waals surface area (Å²) in [6, 6.07) is 15.1. The zero-order chi connectivity index (χ0) is 28.0. The standard InChI is InChI=1S/C30H41NO7S/c1-22(2)20-31(39(35,36)26-12-6-11-25(32)19-26)21-27(33)24(17-23-9-4-3-5-10-23)18-29(34)38-28-13-7-14-30(28)15-8-16-37-30/h3-6,9-12,19,22,24,27-28,32-33H,7-8,13-18,20-21H2,1-2H3/t24-,27-,28?,30?/m1/s1. The van der Waals surface area contributed by atoms with Gasteiger partial charge in [-0.25, -0.2) is 8.42 Å². The van der Waals surface area contributed by atoms with Gasteiger partial charge in [0.05, 0.1) is 17.4 Å². The van der Waals surface area contributed by atoms with Gasteiger partial charge in [-0.1, -0.05) is 50.2 Å². The van der Waals surface area contributed by atoms with E-state index in [4.69, 9.17) is 9.47 Å². The maximum Gasteiger partial charge on any atom is 0.306 e. The Morgan fingerprint density at radius 1 is 1.10 bits per heavy atom. The van der Waals surface area contributed by atoms with Gasteiger partial charge in [-0.2, -0.15) is 4.31 Å². The van der Waals surface area contributed by atoms with Crippen molar-refractivity contribution in [1.29, 1.82) is 0 Å². The zero-order valence-electron chi connectivity index (χ0n) is 22.9. The number of aliphatic hydroxyl groups is 1. The average molecular weight is 560 g/mol. The Kier molecular flexibility index (Phi) is 9.69. The molecular weight excluding hydrogens is 518 g/mol. The lowest BCUT2D eigenvalue weighted by molar-refractivity contribution is -0.164. The highest BCUT2D eigenvalue weighted by molar-refractivity contribution is 7.89. The first-order chi connectivity index (χ1) is 18.6. The number of benzene rings is 2. The van der Waals surface area contributed by atoms with E-state index in [1.54, 1.807) is 0 Å². The molecular formula is C30H41NO7S. The van der Waals surface area contributed by atoms with Gasteiger partial charge >= 0.3 is 5.97 Å². The van der Waals surface area contributed by atoms with Gasteiger partial charge in [0.25, 0.3) is 0 Å². The van der Waals surface area contributed by atoms with E-state index in [1.807, 2.05) is 44.2 Å². The normalized spacial score (nSPS) is 22.9. The number of sulfonamides is 1. The molecule has 39 heavy (non-hydrogen) atoms. The van der Waals surface area contributed by atoms with E-state index >= 15 is 0 Å². The quantitative estimate of drug-likeness (QED) is 0.373. The smallest absolute Gasteiger partial charge is 0.306 e. The zero-order valence-corrected chi connectivity index (χ0v) is 23.7. The number of aliphatic hydroxyl groups excluding tert-OH is 1. The molecule has 4 rings (SSSR count). The minimum atomic E-state index is -4.00. The van der Waals surface area contributed by atoms with Crippen LogP contribution in [0.15, 0.2) is 59.5 Å². The number of nitrogens with zero attached hydrogens (tertiary/aromatic N) is 1. The SMILES string of the molecule is CC(C)CN(C[C@@H](O)[C@@H](CC(=O)OC1CCCC12CCCO2)Cc1ccccc1)S(=O)(=O)c1cccc(O)c1. The molecule has 2 unspecified atom stereocenters. The Morgan fingerprint density at radius 3 is 2.51 bits per heavy atom. The summed E-state index contributed by atoms with van der Waals surface area (Å²) in [5, 5.41) is 21.3. The van der Waals surface area contributed by atoms with Gasteiger partial charge in [-0.05, 0) is 68.2 Å². The molecule has 2 aromatic rings. The van der Waals surface area contributed by atoms with Crippen LogP contribution < -0.4 is 0 Å². The molecule has 1 saturated heterocycles. The van der Waals surface area contributed by atoms with Crippen molar-refractivity contribution in [2.24, 2.45) is 11.8 Å². The van der Waals surface area contributed by atoms with Crippen molar-refractivity contribution in [2.45, 2.75) is 81.5 Å². The van der Waals surface area contributed by atoms with Crippen LogP contribution in [0.3, 0.4) is 0 Å². The molecule has 2 fully saturated rings. The van der Waals surface area contributed by atoms with Crippen LogP contribution in [-0.2, 0) is 30.7 Å². The molecule has 1 spiro atoms. The van der Waals surface area contributed by atoms with Gasteiger partial charge < -0.3 is 19.7 Å². The second-order valence-corrected chi connectivity index (χ2v) is 13.3. The van der Waals surface area contributed by atoms with Crippen LogP contribution in [0, 0.1) is 11.8 Å². The van der Waals surface area contributed by atoms with Crippen molar-refractivity contribution in [3.05, 3.63) is 60.2 Å². The largest absolute Gasteiger partial charge is 0.508 e. The lowest BCUT2D eigenvalue weighted by Gasteiger charge is -2.32. The number of hydrogen-bond acceptors (Lipinski definition) is 7. The molecule has 2 aliphatic rings. The molecule has 214 valence electrons. The summed E-state index contributed by atoms with van der Waals surface area (Å²) < 4.78 is 40.3. The summed E-state index contributed by atoms with van der Waals surface area (Å²) in [7, 11) is -4.00. The Hall–Kier alpha value is -2.46. The second-order valence-electron chi connectivity index (χ2n) is 11.3. The lowest BCUT2D eigenvalue weighted by Crippen LogP contribution is -2.44. The predicted octanol–water partition coefficient (Wildman–Crippen LogP) is 4.29. The number of aromatic hydroxyl groups is 1. The predicted molar refractivity (Wildman–Crippen MR) is 148 cm³/mol. The van der Waals surface area contributed by atoms with Crippen LogP contribution in [0.5, 0.6) is 5.75 Å². The molecule has 0 aromatic heterocycles. The van der Waals surface area contributed by atoms with Crippen molar-refractivity contribution in [3.8, 4) is 5.75 Å². The number of phenols is 1. The van der Waals surface area contributed by atoms with E-state index in [2.05, 4.69) is 0 Å². The molecule has 0 amide bonds. The highest BCUT2D eigenvalue weighted by atomic mass is 32.2. The van der Waals surface area contributed by atoms with E-state index in [0.29, 0.717) is 13.0 Å². The van der Waals surface area contributed by atoms with E-state index in [-0.39, 0.29) is 47.8 Å². The lowest BCUT2D eigenvalue weighted by atomic mass is 9.90. The van der Waals surface area contributed by atoms with E-state index in [9.17, 15) is 23.4 Å². The Bertz CT molecular complexity index is 1190. The average Bonchev–Trinajstić information content (AvgIpc) is 3.53. The maximum absolute atomic E-state index is 13.5. The van der Waals surface area contributed by atoms with Gasteiger partial charge in [0.2, 0.25) is 10.0 Å². The molecule has 4 atom stereocenters. The first-order valence-electron chi connectivity index (χ1n) is 13.9. The fourth-order valence-electron chi connectivity index (χ4n) is 5.86. The Labute approximate surface area is 232 Å². The molecule has 0 radical (unpaired) electrons. The summed E-state index contributed by atoms with van der Waals surface area (Å²) >= 11 is 0. The van der Waals surface area contributed by atoms with Crippen LogP contribution in [0.2, 0.25) is 0 Å². The Balaban J connectivity index is 1.53. The van der Waals surface area contributed by atoms with Crippen LogP contribution >= 0.6 is 0 Å². The number of esters is 1. The number of carbonyl (C=O) groups excluding carboxylic acids is 1. The second kappa shape index (κ2) is 12.8. The van der Waals surface area contributed by atoms with Gasteiger partial charge in [-0.3, -0.25) is 4.79 Å². The molecule has 1 aliphatic heterocycles. The summed E-state index contributed by atoms with van der Waals surface area (Å²) in [6.07, 6.45) is 3.40. The minimum absolute atomic E-state index is 0.00760. The molecule has 2 aromatic carbocycles. The van der Waals surface area contributed by atoms with Crippen LogP contribution in [0.1, 0.15) is 57.9 Å². The number of rotatable bonds is 12. The van der Waals surface area contributed by atoms with Crippen LogP contribution in [0.25, 0.3) is 0 Å². The van der Waals surface area contributed by atoms with E-state index < -0.39 is 28.0 Å². The minimum Gasteiger partial charge on any atom is -0.508 e. The first kappa shape index (κ1) is 29.5. The fourth-order valence-corrected chi connectivity index (χ4v) is 7.52. The molecule has 1 saturated carbocycles. The van der Waals surface area contributed by atoms with Crippen molar-refractivity contribution < 1.29 is 32.9 Å². The highest BCUT2D eigenvalue weighted by Gasteiger charge is 2.48. The first-order valence-corrected chi connectivity index (χ1v) is 15.4. The number of hydrogen-bond donors (Lipinski definition) is 2.